The lowest BCUT2D eigenvalue weighted by Gasteiger charge is -2.22. The van der Waals surface area contributed by atoms with Gasteiger partial charge in [0.25, 0.3) is 5.91 Å². The Labute approximate surface area is 121 Å². The number of benzene rings is 1. The number of nitrogens with zero attached hydrogens (tertiary/aromatic N) is 1. The maximum absolute atomic E-state index is 12.4. The van der Waals surface area contributed by atoms with E-state index in [-0.39, 0.29) is 18.4 Å². The Morgan fingerprint density at radius 2 is 2.11 bits per heavy atom. The smallest absolute Gasteiger partial charge is 0.255 e. The van der Waals surface area contributed by atoms with Crippen molar-refractivity contribution in [3.05, 3.63) is 28.2 Å². The third kappa shape index (κ3) is 4.24. The Morgan fingerprint density at radius 3 is 2.68 bits per heavy atom. The lowest BCUT2D eigenvalue weighted by atomic mass is 10.1. The van der Waals surface area contributed by atoms with Gasteiger partial charge in [0.2, 0.25) is 5.91 Å². The molecular weight excluding hydrogens is 310 g/mol. The number of hydrogen-bond donors (Lipinski definition) is 2. The SMILES string of the molecule is CCCN(CC(=O)NC)C(=O)c1cc(N)ccc1Br. The fourth-order valence-electron chi connectivity index (χ4n) is 1.65. The Balaban J connectivity index is 2.98. The Morgan fingerprint density at radius 1 is 1.42 bits per heavy atom. The van der Waals surface area contributed by atoms with Crippen LogP contribution in [0.15, 0.2) is 22.7 Å². The molecule has 0 saturated carbocycles. The molecule has 104 valence electrons. The van der Waals surface area contributed by atoms with Crippen LogP contribution in [0.1, 0.15) is 23.7 Å². The van der Waals surface area contributed by atoms with Crippen molar-refractivity contribution in [3.63, 3.8) is 0 Å². The predicted octanol–water partition coefficient (Wildman–Crippen LogP) is 1.63. The molecule has 3 N–H and O–H groups in total. The summed E-state index contributed by atoms with van der Waals surface area (Å²) in [5, 5.41) is 2.52. The van der Waals surface area contributed by atoms with Crippen molar-refractivity contribution < 1.29 is 9.59 Å². The van der Waals surface area contributed by atoms with E-state index in [0.29, 0.717) is 22.3 Å². The zero-order valence-electron chi connectivity index (χ0n) is 11.1. The van der Waals surface area contributed by atoms with Crippen molar-refractivity contribution in [2.75, 3.05) is 25.9 Å². The Kier molecular flexibility index (Phi) is 5.82. The van der Waals surface area contributed by atoms with Crippen LogP contribution < -0.4 is 11.1 Å². The maximum atomic E-state index is 12.4. The number of nitrogens with two attached hydrogens (primary N) is 1. The first kappa shape index (κ1) is 15.5. The first-order valence-corrected chi connectivity index (χ1v) is 6.83. The third-order valence-electron chi connectivity index (χ3n) is 2.61. The van der Waals surface area contributed by atoms with Crippen LogP contribution >= 0.6 is 15.9 Å². The highest BCUT2D eigenvalue weighted by Crippen LogP contribution is 2.21. The van der Waals surface area contributed by atoms with Crippen LogP contribution in [-0.4, -0.2) is 36.9 Å². The summed E-state index contributed by atoms with van der Waals surface area (Å²) in [7, 11) is 1.55. The number of carbonyl (C=O) groups excluding carboxylic acids is 2. The summed E-state index contributed by atoms with van der Waals surface area (Å²) < 4.78 is 0.671. The zero-order chi connectivity index (χ0) is 14.4. The van der Waals surface area contributed by atoms with Crippen molar-refractivity contribution >= 4 is 33.4 Å². The molecule has 0 atom stereocenters. The van der Waals surface area contributed by atoms with E-state index < -0.39 is 0 Å². The van der Waals surface area contributed by atoms with E-state index in [9.17, 15) is 9.59 Å². The highest BCUT2D eigenvalue weighted by Gasteiger charge is 2.19. The fourth-order valence-corrected chi connectivity index (χ4v) is 2.07. The Hall–Kier alpha value is -1.56. The molecule has 0 aliphatic rings. The molecule has 6 heteroatoms. The quantitative estimate of drug-likeness (QED) is 0.807. The summed E-state index contributed by atoms with van der Waals surface area (Å²) in [6, 6.07) is 5.05. The maximum Gasteiger partial charge on any atom is 0.255 e. The van der Waals surface area contributed by atoms with Crippen LogP contribution in [0.25, 0.3) is 0 Å². The van der Waals surface area contributed by atoms with Crippen molar-refractivity contribution in [1.82, 2.24) is 10.2 Å². The number of halogens is 1. The number of carbonyl (C=O) groups is 2. The monoisotopic (exact) mass is 327 g/mol. The van der Waals surface area contributed by atoms with E-state index in [0.717, 1.165) is 6.42 Å². The largest absolute Gasteiger partial charge is 0.399 e. The van der Waals surface area contributed by atoms with Crippen LogP contribution in [0, 0.1) is 0 Å². The highest BCUT2D eigenvalue weighted by atomic mass is 79.9. The number of anilines is 1. The first-order valence-electron chi connectivity index (χ1n) is 6.04. The van der Waals surface area contributed by atoms with Gasteiger partial charge in [-0.15, -0.1) is 0 Å². The summed E-state index contributed by atoms with van der Waals surface area (Å²) in [4.78, 5) is 25.4. The van der Waals surface area contributed by atoms with E-state index in [2.05, 4.69) is 21.2 Å². The van der Waals surface area contributed by atoms with Crippen molar-refractivity contribution in [2.24, 2.45) is 0 Å². The average Bonchev–Trinajstić information content (AvgIpc) is 2.40. The lowest BCUT2D eigenvalue weighted by molar-refractivity contribution is -0.121. The van der Waals surface area contributed by atoms with Gasteiger partial charge < -0.3 is 16.0 Å². The Bertz CT molecular complexity index is 477. The molecule has 0 aliphatic heterocycles. The highest BCUT2D eigenvalue weighted by molar-refractivity contribution is 9.10. The standard InChI is InChI=1S/C13H18BrN3O2/c1-3-6-17(8-12(18)16-2)13(19)10-7-9(15)4-5-11(10)14/h4-5,7H,3,6,8,15H2,1-2H3,(H,16,18). The van der Waals surface area contributed by atoms with Gasteiger partial charge in [-0.1, -0.05) is 6.92 Å². The minimum absolute atomic E-state index is 0.0460. The van der Waals surface area contributed by atoms with E-state index >= 15 is 0 Å². The summed E-state index contributed by atoms with van der Waals surface area (Å²) >= 11 is 3.33. The predicted molar refractivity (Wildman–Crippen MR) is 78.8 cm³/mol. The minimum atomic E-state index is -0.204. The molecule has 0 aromatic heterocycles. The van der Waals surface area contributed by atoms with Crippen LogP contribution in [0.3, 0.4) is 0 Å². The average molecular weight is 328 g/mol. The van der Waals surface area contributed by atoms with E-state index in [1.54, 1.807) is 25.2 Å². The molecular formula is C13H18BrN3O2. The molecule has 0 bridgehead atoms. The minimum Gasteiger partial charge on any atom is -0.399 e. The molecule has 0 fully saturated rings. The molecule has 0 aliphatic carbocycles. The van der Waals surface area contributed by atoms with Gasteiger partial charge in [-0.05, 0) is 40.5 Å². The molecule has 1 aromatic carbocycles. The molecule has 1 aromatic rings. The summed E-state index contributed by atoms with van der Waals surface area (Å²) in [5.41, 5.74) is 6.68. The first-order chi connectivity index (χ1) is 8.99. The summed E-state index contributed by atoms with van der Waals surface area (Å²) in [6.45, 7) is 2.52. The molecule has 0 heterocycles. The number of nitrogen functional groups attached to an aromatic ring is 1. The van der Waals surface area contributed by atoms with Crippen molar-refractivity contribution in [1.29, 1.82) is 0 Å². The normalized spacial score (nSPS) is 10.1. The van der Waals surface area contributed by atoms with Crippen molar-refractivity contribution in [2.45, 2.75) is 13.3 Å². The molecule has 0 unspecified atom stereocenters. The summed E-state index contributed by atoms with van der Waals surface area (Å²) in [5.74, 6) is -0.397. The van der Waals surface area contributed by atoms with Crippen LogP contribution in [0.5, 0.6) is 0 Å². The van der Waals surface area contributed by atoms with Crippen molar-refractivity contribution in [3.8, 4) is 0 Å². The molecule has 2 amide bonds. The molecule has 19 heavy (non-hydrogen) atoms. The number of rotatable bonds is 5. The fraction of sp³-hybridized carbons (Fsp3) is 0.385. The molecule has 5 nitrogen and oxygen atoms in total. The van der Waals surface area contributed by atoms with E-state index in [1.165, 1.54) is 4.90 Å². The van der Waals surface area contributed by atoms with Gasteiger partial charge in [-0.25, -0.2) is 0 Å². The van der Waals surface area contributed by atoms with Gasteiger partial charge in [-0.2, -0.15) is 0 Å². The summed E-state index contributed by atoms with van der Waals surface area (Å²) in [6.07, 6.45) is 0.780. The molecule has 0 radical (unpaired) electrons. The second-order valence-corrected chi connectivity index (χ2v) is 4.99. The van der Waals surface area contributed by atoms with Gasteiger partial charge in [0.1, 0.15) is 0 Å². The second-order valence-electron chi connectivity index (χ2n) is 4.14. The second kappa shape index (κ2) is 7.13. The van der Waals surface area contributed by atoms with Crippen LogP contribution in [-0.2, 0) is 4.79 Å². The molecule has 0 spiro atoms. The van der Waals surface area contributed by atoms with E-state index in [1.807, 2.05) is 6.92 Å². The lowest BCUT2D eigenvalue weighted by Crippen LogP contribution is -2.40. The van der Waals surface area contributed by atoms with E-state index in [4.69, 9.17) is 5.73 Å². The number of amides is 2. The third-order valence-corrected chi connectivity index (χ3v) is 3.31. The number of likely N-dealkylation sites (N-methyl/N-ethyl adjacent to an activating group) is 1. The van der Waals surface area contributed by atoms with Crippen LogP contribution in [0.4, 0.5) is 5.69 Å². The topological polar surface area (TPSA) is 75.4 Å². The number of hydrogen-bond acceptors (Lipinski definition) is 3. The van der Waals surface area contributed by atoms with Gasteiger partial charge in [0, 0.05) is 23.8 Å². The zero-order valence-corrected chi connectivity index (χ0v) is 12.7. The van der Waals surface area contributed by atoms with Gasteiger partial charge in [0.05, 0.1) is 12.1 Å². The molecule has 0 saturated heterocycles. The number of nitrogens with one attached hydrogen (secondary N) is 1. The van der Waals surface area contributed by atoms with Crippen LogP contribution in [0.2, 0.25) is 0 Å². The van der Waals surface area contributed by atoms with Gasteiger partial charge >= 0.3 is 0 Å². The van der Waals surface area contributed by atoms with Gasteiger partial charge in [-0.3, -0.25) is 9.59 Å². The van der Waals surface area contributed by atoms with Gasteiger partial charge in [0.15, 0.2) is 0 Å². The molecule has 1 rings (SSSR count).